The third-order valence-corrected chi connectivity index (χ3v) is 6.34. The smallest absolute Gasteiger partial charge is 0.406 e. The fourth-order valence-corrected chi connectivity index (χ4v) is 4.60. The summed E-state index contributed by atoms with van der Waals surface area (Å²) in [4.78, 5) is 24.6. The molecule has 0 saturated carbocycles. The van der Waals surface area contributed by atoms with Crippen LogP contribution in [0, 0.1) is 5.92 Å². The Morgan fingerprint density at radius 3 is 2.64 bits per heavy atom. The van der Waals surface area contributed by atoms with Crippen LogP contribution in [-0.4, -0.2) is 65.1 Å². The molecule has 2 aromatic rings. The fourth-order valence-electron chi connectivity index (χ4n) is 4.40. The number of nitrogens with one attached hydrogen (secondary N) is 3. The number of hydrogen-bond acceptors (Lipinski definition) is 6. The Morgan fingerprint density at radius 2 is 1.94 bits per heavy atom. The quantitative estimate of drug-likeness (QED) is 0.369. The van der Waals surface area contributed by atoms with Crippen molar-refractivity contribution in [3.8, 4) is 0 Å². The van der Waals surface area contributed by atoms with Crippen molar-refractivity contribution in [2.75, 3.05) is 47.1 Å². The highest BCUT2D eigenvalue weighted by Gasteiger charge is 2.22. The van der Waals surface area contributed by atoms with Gasteiger partial charge in [0, 0.05) is 42.9 Å². The van der Waals surface area contributed by atoms with Crippen LogP contribution in [0.1, 0.15) is 46.9 Å². The van der Waals surface area contributed by atoms with Crippen molar-refractivity contribution in [3.05, 3.63) is 70.2 Å². The molecule has 3 rings (SSSR count). The van der Waals surface area contributed by atoms with Gasteiger partial charge in [-0.15, -0.1) is 0 Å². The summed E-state index contributed by atoms with van der Waals surface area (Å²) in [6.07, 6.45) is 2.06. The van der Waals surface area contributed by atoms with Crippen LogP contribution >= 0.6 is 11.6 Å². The first kappa shape index (κ1) is 27.9. The number of ether oxygens (including phenoxy) is 3. The molecule has 1 saturated heterocycles. The maximum absolute atomic E-state index is 13.2. The highest BCUT2D eigenvalue weighted by atomic mass is 35.5. The lowest BCUT2D eigenvalue weighted by Crippen LogP contribution is -2.43. The van der Waals surface area contributed by atoms with E-state index in [0.717, 1.165) is 43.6 Å². The fraction of sp³-hybridized carbons (Fsp3) is 0.481. The van der Waals surface area contributed by atoms with Gasteiger partial charge in [-0.05, 0) is 67.6 Å². The number of benzene rings is 2. The maximum Gasteiger partial charge on any atom is 0.406 e. The lowest BCUT2D eigenvalue weighted by molar-refractivity contribution is 0.0470. The molecule has 1 fully saturated rings. The van der Waals surface area contributed by atoms with Crippen molar-refractivity contribution >= 4 is 23.6 Å². The Balaban J connectivity index is 1.73. The number of alkyl carbamates (subject to hydrolysis) is 1. The van der Waals surface area contributed by atoms with Crippen LogP contribution in [-0.2, 0) is 14.2 Å². The molecule has 0 aliphatic carbocycles. The molecule has 196 valence electrons. The number of rotatable bonds is 12. The van der Waals surface area contributed by atoms with Crippen LogP contribution in [0.15, 0.2) is 48.5 Å². The topological polar surface area (TPSA) is 97.9 Å². The summed E-state index contributed by atoms with van der Waals surface area (Å²) < 4.78 is 16.4. The summed E-state index contributed by atoms with van der Waals surface area (Å²) >= 11 is 6.24. The van der Waals surface area contributed by atoms with E-state index in [9.17, 15) is 9.59 Å². The summed E-state index contributed by atoms with van der Waals surface area (Å²) in [5.41, 5.74) is 2.22. The largest absolute Gasteiger partial charge is 0.453 e. The number of halogens is 1. The van der Waals surface area contributed by atoms with Crippen LogP contribution in [0.4, 0.5) is 4.79 Å². The molecule has 3 N–H and O–H groups in total. The zero-order valence-corrected chi connectivity index (χ0v) is 21.7. The van der Waals surface area contributed by atoms with E-state index >= 15 is 0 Å². The first-order valence-corrected chi connectivity index (χ1v) is 12.7. The molecule has 2 amide bonds. The average Bonchev–Trinajstić information content (AvgIpc) is 2.89. The molecule has 0 radical (unpaired) electrons. The number of hydrogen-bond donors (Lipinski definition) is 3. The van der Waals surface area contributed by atoms with Gasteiger partial charge in [0.25, 0.3) is 5.91 Å². The Bertz CT molecular complexity index is 983. The summed E-state index contributed by atoms with van der Waals surface area (Å²) in [7, 11) is 3.20. The molecular weight excluding hydrogens is 482 g/mol. The highest BCUT2D eigenvalue weighted by Crippen LogP contribution is 2.28. The zero-order chi connectivity index (χ0) is 25.8. The summed E-state index contributed by atoms with van der Waals surface area (Å²) in [6.45, 7) is 2.77. The summed E-state index contributed by atoms with van der Waals surface area (Å²) in [5.74, 6) is 0.314. The van der Waals surface area contributed by atoms with E-state index in [0.29, 0.717) is 23.0 Å². The molecular formula is C27H36ClN3O5. The van der Waals surface area contributed by atoms with Crippen LogP contribution < -0.4 is 16.0 Å². The summed E-state index contributed by atoms with van der Waals surface area (Å²) in [5, 5.41) is 9.57. The molecule has 3 atom stereocenters. The number of carbonyl (C=O) groups is 2. The average molecular weight is 518 g/mol. The Hall–Kier alpha value is -2.65. The maximum atomic E-state index is 13.2. The molecule has 1 aliphatic rings. The van der Waals surface area contributed by atoms with E-state index in [4.69, 9.17) is 21.1 Å². The summed E-state index contributed by atoms with van der Waals surface area (Å²) in [6, 6.07) is 14.8. The molecule has 8 nitrogen and oxygen atoms in total. The van der Waals surface area contributed by atoms with E-state index in [1.807, 2.05) is 43.4 Å². The van der Waals surface area contributed by atoms with Crippen LogP contribution in [0.3, 0.4) is 0 Å². The molecule has 1 aliphatic heterocycles. The standard InChI is InChI=1S/C27H36ClN3O5/c1-29-17-24(14-19-6-5-12-35-18-19)31-26(32)22-9-3-7-20(15-22)25(21-8-4-10-23(28)16-21)36-13-11-30-27(33)34-2/h3-4,7-10,15-16,19,24-25,29H,5-6,11-14,17-18H2,1-2H3,(H,30,33)(H,31,32)/t19-,24+,25+/m1/s1. The van der Waals surface area contributed by atoms with Crippen LogP contribution in [0.25, 0.3) is 0 Å². The third-order valence-electron chi connectivity index (χ3n) is 6.10. The van der Waals surface area contributed by atoms with Gasteiger partial charge < -0.3 is 30.2 Å². The van der Waals surface area contributed by atoms with Gasteiger partial charge in [-0.3, -0.25) is 4.79 Å². The van der Waals surface area contributed by atoms with Gasteiger partial charge >= 0.3 is 6.09 Å². The third kappa shape index (κ3) is 8.78. The minimum Gasteiger partial charge on any atom is -0.453 e. The SMILES string of the molecule is CNC[C@H](C[C@H]1CCCOC1)NC(=O)c1cccc([C@H](OCCNC(=O)OC)c2cccc(Cl)c2)c1. The molecule has 2 aromatic carbocycles. The number of carbonyl (C=O) groups excluding carboxylic acids is 2. The molecule has 9 heteroatoms. The van der Waals surface area contributed by atoms with Crippen molar-refractivity contribution in [2.45, 2.75) is 31.4 Å². The Labute approximate surface area is 218 Å². The molecule has 36 heavy (non-hydrogen) atoms. The van der Waals surface area contributed by atoms with Gasteiger partial charge in [0.15, 0.2) is 0 Å². The monoisotopic (exact) mass is 517 g/mol. The number of methoxy groups -OCH3 is 1. The molecule has 1 heterocycles. The zero-order valence-electron chi connectivity index (χ0n) is 20.9. The number of amides is 2. The molecule has 0 aromatic heterocycles. The van der Waals surface area contributed by atoms with Crippen LogP contribution in [0.5, 0.6) is 0 Å². The van der Waals surface area contributed by atoms with E-state index < -0.39 is 12.2 Å². The predicted octanol–water partition coefficient (Wildman–Crippen LogP) is 3.94. The number of likely N-dealkylation sites (N-methyl/N-ethyl adjacent to an activating group) is 1. The molecule has 0 bridgehead atoms. The molecule has 0 unspecified atom stereocenters. The van der Waals surface area contributed by atoms with E-state index in [2.05, 4.69) is 20.7 Å². The van der Waals surface area contributed by atoms with Gasteiger partial charge in [-0.2, -0.15) is 0 Å². The lowest BCUT2D eigenvalue weighted by Gasteiger charge is -2.27. The Morgan fingerprint density at radius 1 is 1.17 bits per heavy atom. The second-order valence-electron chi connectivity index (χ2n) is 8.90. The van der Waals surface area contributed by atoms with Gasteiger partial charge in [0.05, 0.1) is 13.7 Å². The second kappa shape index (κ2) is 14.8. The van der Waals surface area contributed by atoms with E-state index in [-0.39, 0.29) is 25.1 Å². The minimum absolute atomic E-state index is 0.00206. The highest BCUT2D eigenvalue weighted by molar-refractivity contribution is 6.30. The van der Waals surface area contributed by atoms with Crippen molar-refractivity contribution in [1.29, 1.82) is 0 Å². The van der Waals surface area contributed by atoms with Gasteiger partial charge in [-0.25, -0.2) is 4.79 Å². The van der Waals surface area contributed by atoms with Crippen molar-refractivity contribution in [2.24, 2.45) is 5.92 Å². The van der Waals surface area contributed by atoms with Gasteiger partial charge in [0.1, 0.15) is 6.10 Å². The Kier molecular flexibility index (Phi) is 11.5. The van der Waals surface area contributed by atoms with Gasteiger partial charge in [-0.1, -0.05) is 35.9 Å². The minimum atomic E-state index is -0.521. The van der Waals surface area contributed by atoms with Crippen molar-refractivity contribution in [1.82, 2.24) is 16.0 Å². The first-order chi connectivity index (χ1) is 17.5. The first-order valence-electron chi connectivity index (χ1n) is 12.3. The van der Waals surface area contributed by atoms with Crippen molar-refractivity contribution < 1.29 is 23.8 Å². The van der Waals surface area contributed by atoms with E-state index in [1.165, 1.54) is 7.11 Å². The van der Waals surface area contributed by atoms with Crippen LogP contribution in [0.2, 0.25) is 5.02 Å². The lowest BCUT2D eigenvalue weighted by atomic mass is 9.94. The molecule has 0 spiro atoms. The normalized spacial score (nSPS) is 17.1. The van der Waals surface area contributed by atoms with Gasteiger partial charge in [0.2, 0.25) is 0 Å². The predicted molar refractivity (Wildman–Crippen MR) is 139 cm³/mol. The second-order valence-corrected chi connectivity index (χ2v) is 9.33. The van der Waals surface area contributed by atoms with E-state index in [1.54, 1.807) is 12.1 Å². The van der Waals surface area contributed by atoms with Crippen molar-refractivity contribution in [3.63, 3.8) is 0 Å².